The van der Waals surface area contributed by atoms with E-state index < -0.39 is 0 Å². The van der Waals surface area contributed by atoms with Crippen LogP contribution in [0.15, 0.2) is 22.7 Å². The van der Waals surface area contributed by atoms with Crippen LogP contribution in [0.4, 0.5) is 0 Å². The van der Waals surface area contributed by atoms with Crippen molar-refractivity contribution < 1.29 is 4.52 Å². The number of hydrogen-bond donors (Lipinski definition) is 1. The van der Waals surface area contributed by atoms with Crippen LogP contribution in [0.1, 0.15) is 35.3 Å². The number of nitrogens with zero attached hydrogens (tertiary/aromatic N) is 2. The zero-order chi connectivity index (χ0) is 13.1. The zero-order valence-corrected chi connectivity index (χ0v) is 11.1. The van der Waals surface area contributed by atoms with E-state index in [0.29, 0.717) is 18.7 Å². The van der Waals surface area contributed by atoms with Crippen molar-refractivity contribution >= 4 is 0 Å². The minimum absolute atomic E-state index is 0.0412. The average Bonchev–Trinajstić information content (AvgIpc) is 2.62. The highest BCUT2D eigenvalue weighted by molar-refractivity contribution is 5.30. The summed E-state index contributed by atoms with van der Waals surface area (Å²) in [7, 11) is 0. The van der Waals surface area contributed by atoms with Gasteiger partial charge in [0.25, 0.3) is 0 Å². The number of aryl methyl sites for hydroxylation is 2. The molecule has 1 aromatic carbocycles. The first-order valence-corrected chi connectivity index (χ1v) is 6.17. The first-order chi connectivity index (χ1) is 8.52. The Kier molecular flexibility index (Phi) is 3.77. The maximum atomic E-state index is 5.70. The van der Waals surface area contributed by atoms with Gasteiger partial charge in [-0.05, 0) is 26.3 Å². The zero-order valence-electron chi connectivity index (χ0n) is 11.1. The Balaban J connectivity index is 2.11. The Morgan fingerprint density at radius 3 is 2.50 bits per heavy atom. The topological polar surface area (TPSA) is 64.9 Å². The smallest absolute Gasteiger partial charge is 0.228 e. The third-order valence-electron chi connectivity index (χ3n) is 2.65. The quantitative estimate of drug-likeness (QED) is 0.896. The van der Waals surface area contributed by atoms with Gasteiger partial charge < -0.3 is 10.3 Å². The fourth-order valence-electron chi connectivity index (χ4n) is 2.07. The molecule has 1 aromatic heterocycles. The van der Waals surface area contributed by atoms with Gasteiger partial charge in [0.2, 0.25) is 5.89 Å². The molecule has 0 aliphatic rings. The van der Waals surface area contributed by atoms with Crippen LogP contribution in [0.5, 0.6) is 0 Å². The summed E-state index contributed by atoms with van der Waals surface area (Å²) in [6.07, 6.45) is 1.32. The minimum atomic E-state index is 0.0412. The molecule has 18 heavy (non-hydrogen) atoms. The van der Waals surface area contributed by atoms with Gasteiger partial charge in [0.15, 0.2) is 5.82 Å². The molecule has 0 spiro atoms. The molecule has 4 heteroatoms. The first kappa shape index (κ1) is 12.8. The Labute approximate surface area is 107 Å². The molecule has 96 valence electrons. The fraction of sp³-hybridized carbons (Fsp3) is 0.429. The molecule has 0 bridgehead atoms. The van der Waals surface area contributed by atoms with Crippen molar-refractivity contribution in [1.82, 2.24) is 10.1 Å². The van der Waals surface area contributed by atoms with Crippen molar-refractivity contribution in [3.05, 3.63) is 46.6 Å². The number of nitrogens with two attached hydrogens (primary N) is 1. The van der Waals surface area contributed by atoms with Crippen LogP contribution in [-0.2, 0) is 12.8 Å². The highest BCUT2D eigenvalue weighted by Gasteiger charge is 2.09. The number of benzene rings is 1. The average molecular weight is 245 g/mol. The van der Waals surface area contributed by atoms with Gasteiger partial charge in [-0.1, -0.05) is 34.5 Å². The standard InChI is InChI=1S/C14H19N3O/c1-9-4-10(2)6-12(5-9)8-13-16-14(18-17-13)7-11(3)15/h4-6,11H,7-8,15H2,1-3H3. The fourth-order valence-corrected chi connectivity index (χ4v) is 2.07. The highest BCUT2D eigenvalue weighted by Crippen LogP contribution is 2.12. The summed E-state index contributed by atoms with van der Waals surface area (Å²) in [5, 5.41) is 3.98. The predicted octanol–water partition coefficient (Wildman–Crippen LogP) is 2.17. The second-order valence-electron chi connectivity index (χ2n) is 4.96. The minimum Gasteiger partial charge on any atom is -0.339 e. The second kappa shape index (κ2) is 5.31. The van der Waals surface area contributed by atoms with Gasteiger partial charge in [0, 0.05) is 18.9 Å². The lowest BCUT2D eigenvalue weighted by atomic mass is 10.1. The molecule has 0 fully saturated rings. The second-order valence-corrected chi connectivity index (χ2v) is 4.96. The van der Waals surface area contributed by atoms with E-state index in [-0.39, 0.29) is 6.04 Å². The van der Waals surface area contributed by atoms with Crippen molar-refractivity contribution in [3.63, 3.8) is 0 Å². The van der Waals surface area contributed by atoms with Crippen LogP contribution in [0.3, 0.4) is 0 Å². The van der Waals surface area contributed by atoms with E-state index >= 15 is 0 Å². The normalized spacial score (nSPS) is 12.7. The molecule has 1 heterocycles. The summed E-state index contributed by atoms with van der Waals surface area (Å²) in [6.45, 7) is 6.11. The summed E-state index contributed by atoms with van der Waals surface area (Å²) in [4.78, 5) is 4.35. The van der Waals surface area contributed by atoms with Gasteiger partial charge in [-0.2, -0.15) is 4.98 Å². The highest BCUT2D eigenvalue weighted by atomic mass is 16.5. The Bertz CT molecular complexity index is 511. The molecule has 0 radical (unpaired) electrons. The van der Waals surface area contributed by atoms with Crippen LogP contribution < -0.4 is 5.73 Å². The molecule has 0 aliphatic heterocycles. The van der Waals surface area contributed by atoms with Gasteiger partial charge in [-0.25, -0.2) is 0 Å². The largest absolute Gasteiger partial charge is 0.339 e. The van der Waals surface area contributed by atoms with E-state index in [2.05, 4.69) is 42.2 Å². The predicted molar refractivity (Wildman–Crippen MR) is 70.4 cm³/mol. The lowest BCUT2D eigenvalue weighted by Crippen LogP contribution is -2.17. The number of aromatic nitrogens is 2. The molecule has 0 amide bonds. The van der Waals surface area contributed by atoms with Crippen LogP contribution >= 0.6 is 0 Å². The molecule has 2 rings (SSSR count). The summed E-state index contributed by atoms with van der Waals surface area (Å²) >= 11 is 0. The molecule has 0 aliphatic carbocycles. The summed E-state index contributed by atoms with van der Waals surface area (Å²) in [5.74, 6) is 1.33. The summed E-state index contributed by atoms with van der Waals surface area (Å²) in [5.41, 5.74) is 9.42. The summed E-state index contributed by atoms with van der Waals surface area (Å²) < 4.78 is 5.17. The van der Waals surface area contributed by atoms with Gasteiger partial charge >= 0.3 is 0 Å². The van der Waals surface area contributed by atoms with Crippen LogP contribution in [-0.4, -0.2) is 16.2 Å². The van der Waals surface area contributed by atoms with Gasteiger partial charge in [0.1, 0.15) is 0 Å². The molecule has 2 aromatic rings. The van der Waals surface area contributed by atoms with E-state index in [1.54, 1.807) is 0 Å². The first-order valence-electron chi connectivity index (χ1n) is 6.17. The molecule has 4 nitrogen and oxygen atoms in total. The van der Waals surface area contributed by atoms with Crippen LogP contribution in [0.2, 0.25) is 0 Å². The molecule has 1 atom stereocenters. The van der Waals surface area contributed by atoms with Gasteiger partial charge in [0.05, 0.1) is 0 Å². The summed E-state index contributed by atoms with van der Waals surface area (Å²) in [6, 6.07) is 6.49. The van der Waals surface area contributed by atoms with E-state index in [9.17, 15) is 0 Å². The third-order valence-corrected chi connectivity index (χ3v) is 2.65. The van der Waals surface area contributed by atoms with Gasteiger partial charge in [-0.15, -0.1) is 0 Å². The lowest BCUT2D eigenvalue weighted by Gasteiger charge is -2.01. The van der Waals surface area contributed by atoms with Crippen LogP contribution in [0.25, 0.3) is 0 Å². The Hall–Kier alpha value is -1.68. The van der Waals surface area contributed by atoms with Gasteiger partial charge in [-0.3, -0.25) is 0 Å². The third kappa shape index (κ3) is 3.40. The van der Waals surface area contributed by atoms with Crippen molar-refractivity contribution in [3.8, 4) is 0 Å². The maximum Gasteiger partial charge on any atom is 0.228 e. The molecule has 1 unspecified atom stereocenters. The van der Waals surface area contributed by atoms with Crippen molar-refractivity contribution in [1.29, 1.82) is 0 Å². The SMILES string of the molecule is Cc1cc(C)cc(Cc2noc(CC(C)N)n2)c1. The molecule has 2 N–H and O–H groups in total. The van der Waals surface area contributed by atoms with E-state index in [1.165, 1.54) is 16.7 Å². The van der Waals surface area contributed by atoms with E-state index in [1.807, 2.05) is 6.92 Å². The van der Waals surface area contributed by atoms with Crippen molar-refractivity contribution in [2.24, 2.45) is 5.73 Å². The molecular formula is C14H19N3O. The van der Waals surface area contributed by atoms with Crippen molar-refractivity contribution in [2.45, 2.75) is 39.7 Å². The molecule has 0 saturated heterocycles. The monoisotopic (exact) mass is 245 g/mol. The Morgan fingerprint density at radius 2 is 1.89 bits per heavy atom. The van der Waals surface area contributed by atoms with Crippen molar-refractivity contribution in [2.75, 3.05) is 0 Å². The lowest BCUT2D eigenvalue weighted by molar-refractivity contribution is 0.367. The Morgan fingerprint density at radius 1 is 1.22 bits per heavy atom. The van der Waals surface area contributed by atoms with E-state index in [0.717, 1.165) is 5.82 Å². The molecular weight excluding hydrogens is 226 g/mol. The molecule has 0 saturated carbocycles. The van der Waals surface area contributed by atoms with E-state index in [4.69, 9.17) is 10.3 Å². The van der Waals surface area contributed by atoms with Crippen LogP contribution in [0, 0.1) is 13.8 Å². The number of hydrogen-bond acceptors (Lipinski definition) is 4. The maximum absolute atomic E-state index is 5.70. The number of rotatable bonds is 4.